The van der Waals surface area contributed by atoms with Crippen LogP contribution in [0.4, 0.5) is 5.69 Å². The first-order valence-corrected chi connectivity index (χ1v) is 7.68. The molecule has 6 nitrogen and oxygen atoms in total. The van der Waals surface area contributed by atoms with Crippen molar-refractivity contribution in [2.24, 2.45) is 0 Å². The number of hydrogen-bond donors (Lipinski definition) is 1. The Morgan fingerprint density at radius 1 is 1.25 bits per heavy atom. The van der Waals surface area contributed by atoms with E-state index in [0.717, 1.165) is 12.0 Å². The molecular formula is C18H20N2O4. The SMILES string of the molecule is CCc1ccc(C(C)NC(=O)c2ccc(OC)c([N+](=O)[O-])c2)cc1. The number of carbonyl (C=O) groups excluding carboxylic acids is 1. The quantitative estimate of drug-likeness (QED) is 0.648. The van der Waals surface area contributed by atoms with E-state index in [1.54, 1.807) is 0 Å². The molecule has 0 saturated heterocycles. The van der Waals surface area contributed by atoms with E-state index in [1.807, 2.05) is 31.2 Å². The number of carbonyl (C=O) groups is 1. The zero-order valence-corrected chi connectivity index (χ0v) is 13.9. The fourth-order valence-electron chi connectivity index (χ4n) is 2.38. The Hall–Kier alpha value is -2.89. The van der Waals surface area contributed by atoms with Gasteiger partial charge in [0.15, 0.2) is 5.75 Å². The highest BCUT2D eigenvalue weighted by molar-refractivity contribution is 5.95. The zero-order valence-electron chi connectivity index (χ0n) is 13.9. The maximum absolute atomic E-state index is 12.4. The van der Waals surface area contributed by atoms with Crippen molar-refractivity contribution in [1.82, 2.24) is 5.32 Å². The van der Waals surface area contributed by atoms with Gasteiger partial charge in [-0.25, -0.2) is 0 Å². The van der Waals surface area contributed by atoms with E-state index in [4.69, 9.17) is 4.74 Å². The number of nitro groups is 1. The van der Waals surface area contributed by atoms with E-state index in [2.05, 4.69) is 12.2 Å². The monoisotopic (exact) mass is 328 g/mol. The number of ether oxygens (including phenoxy) is 1. The van der Waals surface area contributed by atoms with Crippen LogP contribution in [0.2, 0.25) is 0 Å². The van der Waals surface area contributed by atoms with Crippen molar-refractivity contribution >= 4 is 11.6 Å². The lowest BCUT2D eigenvalue weighted by Crippen LogP contribution is -2.26. The number of nitrogens with zero attached hydrogens (tertiary/aromatic N) is 1. The van der Waals surface area contributed by atoms with Gasteiger partial charge in [-0.1, -0.05) is 31.2 Å². The number of hydrogen-bond acceptors (Lipinski definition) is 4. The van der Waals surface area contributed by atoms with Crippen molar-refractivity contribution in [1.29, 1.82) is 0 Å². The highest BCUT2D eigenvalue weighted by Crippen LogP contribution is 2.27. The van der Waals surface area contributed by atoms with Crippen LogP contribution in [0.25, 0.3) is 0 Å². The summed E-state index contributed by atoms with van der Waals surface area (Å²) in [5, 5.41) is 13.9. The second-order valence-corrected chi connectivity index (χ2v) is 5.43. The van der Waals surface area contributed by atoms with Crippen LogP contribution in [0.15, 0.2) is 42.5 Å². The molecule has 1 N–H and O–H groups in total. The third-order valence-electron chi connectivity index (χ3n) is 3.87. The van der Waals surface area contributed by atoms with Crippen LogP contribution < -0.4 is 10.1 Å². The number of benzene rings is 2. The van der Waals surface area contributed by atoms with E-state index in [-0.39, 0.29) is 28.9 Å². The minimum atomic E-state index is -0.567. The van der Waals surface area contributed by atoms with Gasteiger partial charge in [-0.05, 0) is 36.6 Å². The summed E-state index contributed by atoms with van der Waals surface area (Å²) >= 11 is 0. The van der Waals surface area contributed by atoms with Crippen molar-refractivity contribution in [2.45, 2.75) is 26.3 Å². The molecule has 2 aromatic carbocycles. The molecule has 0 radical (unpaired) electrons. The summed E-state index contributed by atoms with van der Waals surface area (Å²) in [4.78, 5) is 22.8. The number of aryl methyl sites for hydroxylation is 1. The molecule has 0 aliphatic heterocycles. The Labute approximate surface area is 140 Å². The summed E-state index contributed by atoms with van der Waals surface area (Å²) in [5.41, 5.74) is 2.19. The Balaban J connectivity index is 2.16. The molecule has 0 fully saturated rings. The van der Waals surface area contributed by atoms with Crippen LogP contribution in [-0.4, -0.2) is 17.9 Å². The van der Waals surface area contributed by atoms with Gasteiger partial charge < -0.3 is 10.1 Å². The molecule has 0 aromatic heterocycles. The van der Waals surface area contributed by atoms with E-state index >= 15 is 0 Å². The zero-order chi connectivity index (χ0) is 17.7. The number of amides is 1. The molecule has 24 heavy (non-hydrogen) atoms. The van der Waals surface area contributed by atoms with E-state index < -0.39 is 4.92 Å². The van der Waals surface area contributed by atoms with Gasteiger partial charge >= 0.3 is 5.69 Å². The molecule has 1 amide bonds. The fourth-order valence-corrected chi connectivity index (χ4v) is 2.38. The molecular weight excluding hydrogens is 308 g/mol. The molecule has 0 heterocycles. The van der Waals surface area contributed by atoms with Crippen molar-refractivity contribution in [3.05, 3.63) is 69.3 Å². The molecule has 2 rings (SSSR count). The Bertz CT molecular complexity index is 741. The average Bonchev–Trinajstić information content (AvgIpc) is 2.60. The normalized spacial score (nSPS) is 11.6. The molecule has 1 atom stereocenters. The highest BCUT2D eigenvalue weighted by atomic mass is 16.6. The molecule has 2 aromatic rings. The van der Waals surface area contributed by atoms with Gasteiger partial charge in [0.05, 0.1) is 18.1 Å². The summed E-state index contributed by atoms with van der Waals surface area (Å²) in [6, 6.07) is 11.9. The Kier molecular flexibility index (Phi) is 5.52. The lowest BCUT2D eigenvalue weighted by molar-refractivity contribution is -0.385. The maximum Gasteiger partial charge on any atom is 0.311 e. The van der Waals surface area contributed by atoms with Crippen LogP contribution in [0.5, 0.6) is 5.75 Å². The fraction of sp³-hybridized carbons (Fsp3) is 0.278. The first-order valence-electron chi connectivity index (χ1n) is 7.68. The summed E-state index contributed by atoms with van der Waals surface area (Å²) in [7, 11) is 1.35. The van der Waals surface area contributed by atoms with E-state index in [1.165, 1.54) is 30.9 Å². The first-order chi connectivity index (χ1) is 11.5. The minimum Gasteiger partial charge on any atom is -0.490 e. The van der Waals surface area contributed by atoms with E-state index in [0.29, 0.717) is 0 Å². The molecule has 0 aliphatic carbocycles. The predicted molar refractivity (Wildman–Crippen MR) is 91.3 cm³/mol. The molecule has 0 bridgehead atoms. The molecule has 126 valence electrons. The number of nitrogens with one attached hydrogen (secondary N) is 1. The standard InChI is InChI=1S/C18H20N2O4/c1-4-13-5-7-14(8-6-13)12(2)19-18(21)15-9-10-17(24-3)16(11-15)20(22)23/h5-12H,4H2,1-3H3,(H,19,21). The minimum absolute atomic E-state index is 0.125. The molecule has 6 heteroatoms. The third-order valence-corrected chi connectivity index (χ3v) is 3.87. The number of rotatable bonds is 6. The van der Waals surface area contributed by atoms with Crippen LogP contribution >= 0.6 is 0 Å². The summed E-state index contributed by atoms with van der Waals surface area (Å²) < 4.78 is 4.94. The van der Waals surface area contributed by atoms with E-state index in [9.17, 15) is 14.9 Å². The van der Waals surface area contributed by atoms with Crippen LogP contribution in [0, 0.1) is 10.1 Å². The maximum atomic E-state index is 12.4. The lowest BCUT2D eigenvalue weighted by Gasteiger charge is -2.15. The Morgan fingerprint density at radius 2 is 1.92 bits per heavy atom. The van der Waals surface area contributed by atoms with Gasteiger partial charge in [0.25, 0.3) is 5.91 Å². The van der Waals surface area contributed by atoms with Crippen molar-refractivity contribution in [3.63, 3.8) is 0 Å². The smallest absolute Gasteiger partial charge is 0.311 e. The largest absolute Gasteiger partial charge is 0.490 e. The first kappa shape index (κ1) is 17.5. The topological polar surface area (TPSA) is 81.5 Å². The second kappa shape index (κ2) is 7.59. The highest BCUT2D eigenvalue weighted by Gasteiger charge is 2.19. The van der Waals surface area contributed by atoms with Gasteiger partial charge in [-0.3, -0.25) is 14.9 Å². The molecule has 0 aliphatic rings. The van der Waals surface area contributed by atoms with Gasteiger partial charge in [0.2, 0.25) is 0 Å². The predicted octanol–water partition coefficient (Wildman–Crippen LogP) is 3.66. The average molecular weight is 328 g/mol. The van der Waals surface area contributed by atoms with Crippen LogP contribution in [0.1, 0.15) is 41.4 Å². The van der Waals surface area contributed by atoms with Crippen LogP contribution in [0.3, 0.4) is 0 Å². The van der Waals surface area contributed by atoms with Crippen LogP contribution in [-0.2, 0) is 6.42 Å². The van der Waals surface area contributed by atoms with Crippen molar-refractivity contribution in [2.75, 3.05) is 7.11 Å². The van der Waals surface area contributed by atoms with Crippen molar-refractivity contribution in [3.8, 4) is 5.75 Å². The lowest BCUT2D eigenvalue weighted by atomic mass is 10.0. The summed E-state index contributed by atoms with van der Waals surface area (Å²) in [6.45, 7) is 3.95. The second-order valence-electron chi connectivity index (χ2n) is 5.43. The summed E-state index contributed by atoms with van der Waals surface area (Å²) in [6.07, 6.45) is 0.955. The summed E-state index contributed by atoms with van der Waals surface area (Å²) in [5.74, 6) is -0.243. The molecule has 0 saturated carbocycles. The third kappa shape index (κ3) is 3.90. The van der Waals surface area contributed by atoms with Crippen molar-refractivity contribution < 1.29 is 14.5 Å². The molecule has 1 unspecified atom stereocenters. The Morgan fingerprint density at radius 3 is 2.46 bits per heavy atom. The molecule has 0 spiro atoms. The number of methoxy groups -OCH3 is 1. The number of nitro benzene ring substituents is 1. The van der Waals surface area contributed by atoms with Gasteiger partial charge in [-0.15, -0.1) is 0 Å². The van der Waals surface area contributed by atoms with Gasteiger partial charge in [-0.2, -0.15) is 0 Å². The van der Waals surface area contributed by atoms with Gasteiger partial charge in [0.1, 0.15) is 0 Å². The van der Waals surface area contributed by atoms with Gasteiger partial charge in [0, 0.05) is 11.6 Å².